The van der Waals surface area contributed by atoms with Crippen molar-refractivity contribution in [3.63, 3.8) is 0 Å². The predicted molar refractivity (Wildman–Crippen MR) is 108 cm³/mol. The fourth-order valence-electron chi connectivity index (χ4n) is 3.37. The predicted octanol–water partition coefficient (Wildman–Crippen LogP) is -0.533. The van der Waals surface area contributed by atoms with Crippen molar-refractivity contribution >= 4 is 11.0 Å². The lowest BCUT2D eigenvalue weighted by atomic mass is 9.99. The molecule has 10 heteroatoms. The van der Waals surface area contributed by atoms with E-state index < -0.39 is 48.5 Å². The molecule has 0 bridgehead atoms. The molecule has 5 unspecified atom stereocenters. The zero-order valence-electron chi connectivity index (χ0n) is 17.1. The molecule has 0 amide bonds. The van der Waals surface area contributed by atoms with Gasteiger partial charge in [-0.25, -0.2) is 0 Å². The van der Waals surface area contributed by atoms with Crippen LogP contribution in [0.1, 0.15) is 18.2 Å². The molecule has 170 valence electrons. The first-order valence-electron chi connectivity index (χ1n) is 9.70. The first-order valence-corrected chi connectivity index (χ1v) is 9.70. The number of hydrogen-bond donors (Lipinski definition) is 6. The van der Waals surface area contributed by atoms with Gasteiger partial charge in [-0.15, -0.1) is 0 Å². The van der Waals surface area contributed by atoms with Gasteiger partial charge in [0.25, 0.3) is 0 Å². The summed E-state index contributed by atoms with van der Waals surface area (Å²) < 4.78 is 16.6. The molecular formula is C21H26O10. The number of allylic oxidation sites excluding steroid dienone is 1. The Morgan fingerprint density at radius 1 is 1.16 bits per heavy atom. The van der Waals surface area contributed by atoms with Gasteiger partial charge in [-0.1, -0.05) is 11.6 Å². The maximum Gasteiger partial charge on any atom is 0.229 e. The first kappa shape index (κ1) is 23.2. The number of aromatic hydroxyl groups is 1. The van der Waals surface area contributed by atoms with Crippen LogP contribution < -0.4 is 10.2 Å². The quantitative estimate of drug-likeness (QED) is 0.322. The van der Waals surface area contributed by atoms with E-state index in [1.54, 1.807) is 19.9 Å². The van der Waals surface area contributed by atoms with Crippen molar-refractivity contribution in [3.8, 4) is 11.5 Å². The molecule has 1 aromatic carbocycles. The normalized spacial score (nSPS) is 26.9. The number of ether oxygens (including phenoxy) is 2. The molecule has 10 nitrogen and oxygen atoms in total. The van der Waals surface area contributed by atoms with Crippen LogP contribution in [0.15, 0.2) is 33.0 Å². The van der Waals surface area contributed by atoms with Crippen LogP contribution in [0.2, 0.25) is 0 Å². The van der Waals surface area contributed by atoms with E-state index in [1.165, 1.54) is 12.1 Å². The van der Waals surface area contributed by atoms with Crippen molar-refractivity contribution < 1.29 is 44.5 Å². The van der Waals surface area contributed by atoms with Gasteiger partial charge >= 0.3 is 0 Å². The second kappa shape index (κ2) is 9.35. The van der Waals surface area contributed by atoms with Gasteiger partial charge in [-0.2, -0.15) is 0 Å². The Morgan fingerprint density at radius 3 is 2.52 bits per heavy atom. The molecule has 1 aliphatic heterocycles. The minimum absolute atomic E-state index is 0.00920. The van der Waals surface area contributed by atoms with Crippen molar-refractivity contribution in [1.82, 2.24) is 0 Å². The number of aryl methyl sites for hydroxylation is 1. The summed E-state index contributed by atoms with van der Waals surface area (Å²) in [6, 6.07) is 2.58. The maximum absolute atomic E-state index is 12.4. The number of phenols is 1. The van der Waals surface area contributed by atoms with Gasteiger partial charge in [0.15, 0.2) is 5.43 Å². The largest absolute Gasteiger partial charge is 0.507 e. The first-order chi connectivity index (χ1) is 14.7. The van der Waals surface area contributed by atoms with E-state index in [-0.39, 0.29) is 35.3 Å². The molecule has 6 N–H and O–H groups in total. The monoisotopic (exact) mass is 438 g/mol. The van der Waals surface area contributed by atoms with Crippen LogP contribution in [0.5, 0.6) is 11.5 Å². The number of benzene rings is 1. The van der Waals surface area contributed by atoms with E-state index in [9.17, 15) is 35.4 Å². The minimum Gasteiger partial charge on any atom is -0.507 e. The van der Waals surface area contributed by atoms with Gasteiger partial charge in [0, 0.05) is 17.7 Å². The molecule has 2 heterocycles. The summed E-state index contributed by atoms with van der Waals surface area (Å²) in [7, 11) is 0. The molecule has 0 aliphatic carbocycles. The van der Waals surface area contributed by atoms with Gasteiger partial charge in [-0.05, 0) is 20.3 Å². The van der Waals surface area contributed by atoms with Crippen molar-refractivity contribution in [1.29, 1.82) is 0 Å². The average Bonchev–Trinajstić information content (AvgIpc) is 2.72. The van der Waals surface area contributed by atoms with Gasteiger partial charge in [0.2, 0.25) is 6.29 Å². The highest BCUT2D eigenvalue weighted by atomic mass is 16.7. The zero-order chi connectivity index (χ0) is 22.9. The topological polar surface area (TPSA) is 170 Å². The summed E-state index contributed by atoms with van der Waals surface area (Å²) in [6.45, 7) is 2.40. The molecule has 1 aromatic heterocycles. The molecule has 1 saturated heterocycles. The van der Waals surface area contributed by atoms with E-state index in [0.29, 0.717) is 11.3 Å². The summed E-state index contributed by atoms with van der Waals surface area (Å²) in [5.74, 6) is -0.0997. The third-order valence-corrected chi connectivity index (χ3v) is 5.18. The average molecular weight is 438 g/mol. The van der Waals surface area contributed by atoms with Crippen LogP contribution in [-0.2, 0) is 11.2 Å². The van der Waals surface area contributed by atoms with Crippen molar-refractivity contribution in [3.05, 3.63) is 45.3 Å². The van der Waals surface area contributed by atoms with E-state index in [4.69, 9.17) is 13.9 Å². The van der Waals surface area contributed by atoms with Gasteiger partial charge in [0.1, 0.15) is 52.6 Å². The van der Waals surface area contributed by atoms with Crippen LogP contribution in [0, 0.1) is 6.92 Å². The minimum atomic E-state index is -1.66. The van der Waals surface area contributed by atoms with Crippen molar-refractivity contribution in [2.24, 2.45) is 0 Å². The molecule has 1 aliphatic rings. The number of fused-ring (bicyclic) bond motifs is 1. The number of rotatable bonds is 6. The van der Waals surface area contributed by atoms with Gasteiger partial charge in [-0.3, -0.25) is 4.79 Å². The van der Waals surface area contributed by atoms with E-state index >= 15 is 0 Å². The van der Waals surface area contributed by atoms with Gasteiger partial charge < -0.3 is 44.5 Å². The maximum atomic E-state index is 12.4. The number of aliphatic hydroxyl groups excluding tert-OH is 5. The smallest absolute Gasteiger partial charge is 0.229 e. The van der Waals surface area contributed by atoms with Crippen LogP contribution >= 0.6 is 0 Å². The molecule has 0 saturated carbocycles. The Hall–Kier alpha value is -2.47. The fraction of sp³-hybridized carbons (Fsp3) is 0.476. The lowest BCUT2D eigenvalue weighted by Crippen LogP contribution is -2.60. The highest BCUT2D eigenvalue weighted by molar-refractivity contribution is 5.87. The molecule has 2 aromatic rings. The van der Waals surface area contributed by atoms with E-state index in [2.05, 4.69) is 0 Å². The SMILES string of the molecule is C/C(=C\Cc1c(OC2OC(CO)C(O)C(O)C2O)cc2oc(C)cc(=O)c2c1O)CO. The Bertz CT molecular complexity index is 1020. The molecule has 3 rings (SSSR count). The summed E-state index contributed by atoms with van der Waals surface area (Å²) in [6.07, 6.45) is -5.86. The molecule has 5 atom stereocenters. The molecule has 31 heavy (non-hydrogen) atoms. The van der Waals surface area contributed by atoms with Crippen molar-refractivity contribution in [2.45, 2.75) is 51.0 Å². The Kier molecular flexibility index (Phi) is 6.99. The highest BCUT2D eigenvalue weighted by Crippen LogP contribution is 2.37. The van der Waals surface area contributed by atoms with Crippen LogP contribution in [0.4, 0.5) is 0 Å². The Morgan fingerprint density at radius 2 is 1.87 bits per heavy atom. The van der Waals surface area contributed by atoms with Crippen LogP contribution in [-0.4, -0.2) is 74.6 Å². The number of aliphatic hydroxyl groups is 5. The van der Waals surface area contributed by atoms with Crippen molar-refractivity contribution in [2.75, 3.05) is 13.2 Å². The lowest BCUT2D eigenvalue weighted by molar-refractivity contribution is -0.277. The lowest BCUT2D eigenvalue weighted by Gasteiger charge is -2.39. The zero-order valence-corrected chi connectivity index (χ0v) is 17.1. The summed E-state index contributed by atoms with van der Waals surface area (Å²) >= 11 is 0. The number of hydrogen-bond acceptors (Lipinski definition) is 10. The Balaban J connectivity index is 2.10. The Labute approximate surface area is 177 Å². The van der Waals surface area contributed by atoms with Crippen LogP contribution in [0.25, 0.3) is 11.0 Å². The second-order valence-corrected chi connectivity index (χ2v) is 7.52. The standard InChI is InChI=1S/C21H26O10/c1-9(7-22)3-4-11-13(6-14-16(17(11)25)12(24)5-10(2)29-14)30-21-20(28)19(27)18(26)15(8-23)31-21/h3,5-6,15,18-23,25-28H,4,7-8H2,1-2H3/b9-3+. The summed E-state index contributed by atoms with van der Waals surface area (Å²) in [4.78, 5) is 12.4. The molecule has 0 radical (unpaired) electrons. The molecule has 1 fully saturated rings. The fourth-order valence-corrected chi connectivity index (χ4v) is 3.37. The highest BCUT2D eigenvalue weighted by Gasteiger charge is 2.45. The summed E-state index contributed by atoms with van der Waals surface area (Å²) in [5, 5.41) is 59.6. The summed E-state index contributed by atoms with van der Waals surface area (Å²) in [5.41, 5.74) is 0.344. The van der Waals surface area contributed by atoms with Gasteiger partial charge in [0.05, 0.1) is 13.2 Å². The molecular weight excluding hydrogens is 412 g/mol. The van der Waals surface area contributed by atoms with Crippen LogP contribution in [0.3, 0.4) is 0 Å². The second-order valence-electron chi connectivity index (χ2n) is 7.52. The third-order valence-electron chi connectivity index (χ3n) is 5.18. The van der Waals surface area contributed by atoms with E-state index in [1.807, 2.05) is 0 Å². The van der Waals surface area contributed by atoms with E-state index in [0.717, 1.165) is 0 Å². The number of phenolic OH excluding ortho intramolecular Hbond substituents is 1. The third kappa shape index (κ3) is 4.59. The molecule has 0 spiro atoms.